The van der Waals surface area contributed by atoms with Gasteiger partial charge in [-0.1, -0.05) is 114 Å². The van der Waals surface area contributed by atoms with Gasteiger partial charge >= 0.3 is 0 Å². The van der Waals surface area contributed by atoms with Crippen LogP contribution in [0.4, 0.5) is 0 Å². The normalized spacial score (nSPS) is 9.55. The molecule has 0 unspecified atom stereocenters. The van der Waals surface area contributed by atoms with Crippen molar-refractivity contribution < 1.29 is 0 Å². The van der Waals surface area contributed by atoms with E-state index in [1.807, 2.05) is 45.9 Å². The molecule has 0 heterocycles. The Balaban J connectivity index is 0.00000102. The molecule has 0 aliphatic carbocycles. The minimum Gasteiger partial charge on any atom is -0.0990 e. The van der Waals surface area contributed by atoms with Gasteiger partial charge in [-0.25, -0.2) is 0 Å². The Morgan fingerprint density at radius 2 is 1.23 bits per heavy atom. The van der Waals surface area contributed by atoms with Crippen LogP contribution in [0.5, 0.6) is 0 Å². The van der Waals surface area contributed by atoms with Gasteiger partial charge in [0.15, 0.2) is 0 Å². The fourth-order valence-corrected chi connectivity index (χ4v) is 1.89. The lowest BCUT2D eigenvalue weighted by Gasteiger charge is -2.05. The lowest BCUT2D eigenvalue weighted by atomic mass is 10.0. The van der Waals surface area contributed by atoms with E-state index in [4.69, 9.17) is 0 Å². The van der Waals surface area contributed by atoms with Gasteiger partial charge < -0.3 is 0 Å². The first-order valence-corrected chi connectivity index (χ1v) is 7.96. The summed E-state index contributed by atoms with van der Waals surface area (Å²) >= 11 is 0. The minimum absolute atomic E-state index is 1.09. The second-order valence-corrected chi connectivity index (χ2v) is 4.01. The van der Waals surface area contributed by atoms with Gasteiger partial charge in [0.05, 0.1) is 0 Å². The summed E-state index contributed by atoms with van der Waals surface area (Å²) in [6.07, 6.45) is 5.59. The van der Waals surface area contributed by atoms with Crippen LogP contribution >= 0.6 is 0 Å². The van der Waals surface area contributed by atoms with Crippen molar-refractivity contribution in [3.05, 3.63) is 91.5 Å². The van der Waals surface area contributed by atoms with Gasteiger partial charge in [0.2, 0.25) is 0 Å². The van der Waals surface area contributed by atoms with Crippen LogP contribution in [0, 0.1) is 0 Å². The maximum absolute atomic E-state index is 3.82. The first kappa shape index (κ1) is 19.7. The van der Waals surface area contributed by atoms with Crippen molar-refractivity contribution in [1.82, 2.24) is 0 Å². The predicted molar refractivity (Wildman–Crippen MR) is 103 cm³/mol. The molecule has 0 bridgehead atoms. The van der Waals surface area contributed by atoms with Crippen molar-refractivity contribution >= 4 is 5.57 Å². The molecule has 0 aliphatic heterocycles. The Morgan fingerprint density at radius 3 is 1.68 bits per heavy atom. The van der Waals surface area contributed by atoms with E-state index < -0.39 is 0 Å². The van der Waals surface area contributed by atoms with Crippen molar-refractivity contribution in [3.8, 4) is 11.1 Å². The highest BCUT2D eigenvalue weighted by Gasteiger charge is 1.99. The molecule has 0 N–H and O–H groups in total. The van der Waals surface area contributed by atoms with E-state index in [2.05, 4.69) is 61.7 Å². The fourth-order valence-electron chi connectivity index (χ4n) is 1.89. The molecule has 2 aromatic rings. The summed E-state index contributed by atoms with van der Waals surface area (Å²) in [4.78, 5) is 0. The standard InChI is InChI=1S/C18H16.2C2H6/c1-3-8-15(4-2)17-11-13-18(14-12-17)16-9-6-5-7-10-16;2*1-2/h3-14H,1-2H2;2*1-2H3/b15-8+;;. The van der Waals surface area contributed by atoms with E-state index in [9.17, 15) is 0 Å². The molecule has 116 valence electrons. The number of rotatable bonds is 4. The average Bonchev–Trinajstić information content (AvgIpc) is 2.64. The molecule has 0 nitrogen and oxygen atoms in total. The van der Waals surface area contributed by atoms with Gasteiger partial charge in [-0.3, -0.25) is 0 Å². The van der Waals surface area contributed by atoms with Crippen molar-refractivity contribution in [1.29, 1.82) is 0 Å². The highest BCUT2D eigenvalue weighted by atomic mass is 14.0. The van der Waals surface area contributed by atoms with Crippen LogP contribution in [0.15, 0.2) is 86.0 Å². The van der Waals surface area contributed by atoms with Crippen molar-refractivity contribution in [2.75, 3.05) is 0 Å². The second-order valence-electron chi connectivity index (χ2n) is 4.01. The zero-order valence-corrected chi connectivity index (χ0v) is 14.3. The Labute approximate surface area is 136 Å². The number of benzene rings is 2. The summed E-state index contributed by atoms with van der Waals surface area (Å²) in [5.41, 5.74) is 4.70. The molecule has 0 saturated heterocycles. The molecule has 2 rings (SSSR count). The summed E-state index contributed by atoms with van der Waals surface area (Å²) in [5, 5.41) is 0. The van der Waals surface area contributed by atoms with E-state index in [-0.39, 0.29) is 0 Å². The van der Waals surface area contributed by atoms with E-state index >= 15 is 0 Å². The van der Waals surface area contributed by atoms with E-state index in [1.54, 1.807) is 6.08 Å². The summed E-state index contributed by atoms with van der Waals surface area (Å²) in [6, 6.07) is 18.8. The Kier molecular flexibility index (Phi) is 11.1. The fraction of sp³-hybridized carbons (Fsp3) is 0.182. The second kappa shape index (κ2) is 12.4. The molecule has 0 spiro atoms. The molecule has 0 aliphatic rings. The molecule has 0 atom stereocenters. The van der Waals surface area contributed by atoms with Crippen molar-refractivity contribution in [2.45, 2.75) is 27.7 Å². The van der Waals surface area contributed by atoms with Crippen LogP contribution in [0.25, 0.3) is 16.7 Å². The quantitative estimate of drug-likeness (QED) is 0.524. The maximum atomic E-state index is 3.82. The molecular weight excluding hydrogens is 264 g/mol. The van der Waals surface area contributed by atoms with Crippen LogP contribution in [-0.4, -0.2) is 0 Å². The summed E-state index contributed by atoms with van der Waals surface area (Å²) in [5.74, 6) is 0. The first-order chi connectivity index (χ1) is 10.8. The van der Waals surface area contributed by atoms with Crippen LogP contribution in [0.2, 0.25) is 0 Å². The Morgan fingerprint density at radius 1 is 0.727 bits per heavy atom. The first-order valence-electron chi connectivity index (χ1n) is 7.96. The summed E-state index contributed by atoms with van der Waals surface area (Å²) < 4.78 is 0. The molecule has 22 heavy (non-hydrogen) atoms. The minimum atomic E-state index is 1.09. The SMILES string of the molecule is C=C/C=C(\C=C)c1ccc(-c2ccccc2)cc1.CC.CC. The molecular formula is C22H28. The van der Waals surface area contributed by atoms with Crippen molar-refractivity contribution in [3.63, 3.8) is 0 Å². The van der Waals surface area contributed by atoms with Gasteiger partial charge in [-0.2, -0.15) is 0 Å². The van der Waals surface area contributed by atoms with Crippen LogP contribution in [-0.2, 0) is 0 Å². The Bertz CT molecular complexity index is 557. The smallest absolute Gasteiger partial charge is 0.0184 e. The third kappa shape index (κ3) is 5.97. The summed E-state index contributed by atoms with van der Waals surface area (Å²) in [7, 11) is 0. The van der Waals surface area contributed by atoms with E-state index in [0.717, 1.165) is 11.1 Å². The highest BCUT2D eigenvalue weighted by molar-refractivity contribution is 5.76. The van der Waals surface area contributed by atoms with Crippen LogP contribution in [0.1, 0.15) is 33.3 Å². The van der Waals surface area contributed by atoms with Crippen LogP contribution in [0.3, 0.4) is 0 Å². The molecule has 0 amide bonds. The topological polar surface area (TPSA) is 0 Å². The third-order valence-corrected chi connectivity index (χ3v) is 2.84. The van der Waals surface area contributed by atoms with Gasteiger partial charge in [-0.15, -0.1) is 0 Å². The molecule has 0 heteroatoms. The molecule has 0 fully saturated rings. The van der Waals surface area contributed by atoms with Crippen LogP contribution < -0.4 is 0 Å². The lowest BCUT2D eigenvalue weighted by Crippen LogP contribution is -1.82. The number of allylic oxidation sites excluding steroid dienone is 4. The average molecular weight is 292 g/mol. The van der Waals surface area contributed by atoms with E-state index in [1.165, 1.54) is 11.1 Å². The predicted octanol–water partition coefficient (Wildman–Crippen LogP) is 7.16. The zero-order valence-electron chi connectivity index (χ0n) is 14.3. The van der Waals surface area contributed by atoms with Crippen molar-refractivity contribution in [2.24, 2.45) is 0 Å². The van der Waals surface area contributed by atoms with Gasteiger partial charge in [0.1, 0.15) is 0 Å². The Hall–Kier alpha value is -2.34. The maximum Gasteiger partial charge on any atom is -0.0184 e. The van der Waals surface area contributed by atoms with Gasteiger partial charge in [0.25, 0.3) is 0 Å². The monoisotopic (exact) mass is 292 g/mol. The zero-order chi connectivity index (χ0) is 16.8. The number of hydrogen-bond acceptors (Lipinski definition) is 0. The molecule has 0 saturated carbocycles. The molecule has 2 aromatic carbocycles. The third-order valence-electron chi connectivity index (χ3n) is 2.84. The highest BCUT2D eigenvalue weighted by Crippen LogP contribution is 2.22. The summed E-state index contributed by atoms with van der Waals surface area (Å²) in [6.45, 7) is 15.5. The largest absolute Gasteiger partial charge is 0.0990 e. The van der Waals surface area contributed by atoms with Gasteiger partial charge in [0, 0.05) is 0 Å². The lowest BCUT2D eigenvalue weighted by molar-refractivity contribution is 1.50. The number of hydrogen-bond donors (Lipinski definition) is 0. The van der Waals surface area contributed by atoms with E-state index in [0.29, 0.717) is 0 Å². The molecule has 0 radical (unpaired) electrons. The van der Waals surface area contributed by atoms with Gasteiger partial charge in [-0.05, 0) is 22.3 Å². The molecule has 0 aromatic heterocycles.